The molecule has 0 bridgehead atoms. The van der Waals surface area contributed by atoms with Gasteiger partial charge in [0.05, 0.1) is 7.11 Å². The number of hydrogen-bond acceptors (Lipinski definition) is 5. The first-order valence-electron chi connectivity index (χ1n) is 8.43. The van der Waals surface area contributed by atoms with Crippen LogP contribution in [0.4, 0.5) is 0 Å². The van der Waals surface area contributed by atoms with E-state index in [-0.39, 0.29) is 29.9 Å². The minimum absolute atomic E-state index is 0.00660. The van der Waals surface area contributed by atoms with Crippen LogP contribution in [0.2, 0.25) is 0 Å². The molecule has 1 aromatic rings. The number of carboxylic acids is 1. The third kappa shape index (κ3) is 4.44. The van der Waals surface area contributed by atoms with E-state index in [2.05, 4.69) is 10.6 Å². The quantitative estimate of drug-likeness (QED) is 0.641. The summed E-state index contributed by atoms with van der Waals surface area (Å²) in [6.07, 6.45) is 1.59. The number of benzene rings is 1. The van der Waals surface area contributed by atoms with Gasteiger partial charge in [-0.05, 0) is 51.3 Å². The molecule has 0 spiro atoms. The van der Waals surface area contributed by atoms with Crippen LogP contribution in [0.3, 0.4) is 0 Å². The lowest BCUT2D eigenvalue weighted by atomic mass is 9.76. The molecule has 1 aliphatic rings. The fraction of sp³-hybridized carbons (Fsp3) is 0.500. The molecule has 0 aromatic heterocycles. The number of methoxy groups -OCH3 is 1. The van der Waals surface area contributed by atoms with Crippen molar-refractivity contribution in [3.05, 3.63) is 23.8 Å². The van der Waals surface area contributed by atoms with Gasteiger partial charge in [0.2, 0.25) is 0 Å². The fourth-order valence-corrected chi connectivity index (χ4v) is 2.65. The molecule has 0 unspecified atom stereocenters. The molecule has 8 nitrogen and oxygen atoms in total. The number of nitrogens with one attached hydrogen (secondary N) is 2. The fourth-order valence-electron chi connectivity index (χ4n) is 2.65. The van der Waals surface area contributed by atoms with E-state index in [4.69, 9.17) is 9.47 Å². The van der Waals surface area contributed by atoms with Crippen LogP contribution in [0.1, 0.15) is 43.5 Å². The lowest BCUT2D eigenvalue weighted by molar-refractivity contribution is -0.148. The lowest BCUT2D eigenvalue weighted by Gasteiger charge is -2.38. The Morgan fingerprint density at radius 3 is 2.42 bits per heavy atom. The van der Waals surface area contributed by atoms with Crippen molar-refractivity contribution in [1.82, 2.24) is 10.6 Å². The highest BCUT2D eigenvalue weighted by Crippen LogP contribution is 2.33. The predicted molar refractivity (Wildman–Crippen MR) is 93.5 cm³/mol. The molecule has 1 saturated carbocycles. The van der Waals surface area contributed by atoms with Crippen LogP contribution in [0, 0.1) is 0 Å². The smallest absolute Gasteiger partial charge is 0.329 e. The van der Waals surface area contributed by atoms with Gasteiger partial charge in [0.1, 0.15) is 5.54 Å². The van der Waals surface area contributed by atoms with Gasteiger partial charge in [0.15, 0.2) is 18.1 Å². The third-order valence-electron chi connectivity index (χ3n) is 4.20. The lowest BCUT2D eigenvalue weighted by Crippen LogP contribution is -2.59. The molecular formula is C18H24N2O6. The minimum Gasteiger partial charge on any atom is -0.493 e. The Kier molecular flexibility index (Phi) is 6.07. The molecule has 8 heteroatoms. The second kappa shape index (κ2) is 8.07. The first-order valence-corrected chi connectivity index (χ1v) is 8.43. The van der Waals surface area contributed by atoms with Crippen molar-refractivity contribution < 1.29 is 29.0 Å². The van der Waals surface area contributed by atoms with Crippen molar-refractivity contribution in [3.63, 3.8) is 0 Å². The number of aliphatic carboxylic acids is 1. The number of carbonyl (C=O) groups is 3. The minimum atomic E-state index is -1.19. The van der Waals surface area contributed by atoms with Gasteiger partial charge in [-0.2, -0.15) is 0 Å². The third-order valence-corrected chi connectivity index (χ3v) is 4.20. The van der Waals surface area contributed by atoms with Crippen LogP contribution < -0.4 is 20.1 Å². The average Bonchev–Trinajstić information content (AvgIpc) is 2.54. The first-order chi connectivity index (χ1) is 12.3. The maximum absolute atomic E-state index is 12.4. The van der Waals surface area contributed by atoms with E-state index in [0.717, 1.165) is 6.42 Å². The van der Waals surface area contributed by atoms with Gasteiger partial charge in [-0.15, -0.1) is 0 Å². The average molecular weight is 364 g/mol. The number of carboxylic acid groups (broad SMARTS) is 1. The summed E-state index contributed by atoms with van der Waals surface area (Å²) in [4.78, 5) is 35.4. The Hall–Kier alpha value is -2.77. The normalized spacial score (nSPS) is 14.9. The Bertz CT molecular complexity index is 697. The molecule has 1 fully saturated rings. The van der Waals surface area contributed by atoms with Crippen LogP contribution in [0.5, 0.6) is 11.5 Å². The zero-order valence-electron chi connectivity index (χ0n) is 15.1. The zero-order valence-corrected chi connectivity index (χ0v) is 15.1. The van der Waals surface area contributed by atoms with E-state index in [1.807, 2.05) is 13.8 Å². The predicted octanol–water partition coefficient (Wildman–Crippen LogP) is 1.34. The monoisotopic (exact) mass is 364 g/mol. The zero-order chi connectivity index (χ0) is 19.3. The highest BCUT2D eigenvalue weighted by molar-refractivity contribution is 5.98. The highest BCUT2D eigenvalue weighted by Gasteiger charge is 2.45. The van der Waals surface area contributed by atoms with Gasteiger partial charge in [-0.3, -0.25) is 9.59 Å². The topological polar surface area (TPSA) is 114 Å². The van der Waals surface area contributed by atoms with Crippen molar-refractivity contribution in [1.29, 1.82) is 0 Å². The molecule has 0 saturated heterocycles. The molecule has 2 amide bonds. The summed E-state index contributed by atoms with van der Waals surface area (Å²) in [5.41, 5.74) is -0.928. The summed E-state index contributed by atoms with van der Waals surface area (Å²) < 4.78 is 10.6. The highest BCUT2D eigenvalue weighted by atomic mass is 16.5. The maximum atomic E-state index is 12.4. The van der Waals surface area contributed by atoms with E-state index in [1.165, 1.54) is 25.3 Å². The summed E-state index contributed by atoms with van der Waals surface area (Å²) in [6.45, 7) is 3.51. The van der Waals surface area contributed by atoms with Crippen molar-refractivity contribution >= 4 is 17.8 Å². The second-order valence-electron chi connectivity index (χ2n) is 6.57. The molecule has 0 radical (unpaired) electrons. The number of carbonyl (C=O) groups excluding carboxylic acids is 2. The van der Waals surface area contributed by atoms with E-state index in [9.17, 15) is 19.5 Å². The standard InChI is InChI=1S/C18H24N2O6/c1-11(2)19-15(21)10-26-13-6-5-12(9-14(13)25-3)16(22)20-18(17(23)24)7-4-8-18/h5-6,9,11H,4,7-8,10H2,1-3H3,(H,19,21)(H,20,22)(H,23,24). The second-order valence-corrected chi connectivity index (χ2v) is 6.57. The van der Waals surface area contributed by atoms with Crippen molar-refractivity contribution in [2.24, 2.45) is 0 Å². The van der Waals surface area contributed by atoms with E-state index < -0.39 is 17.4 Å². The number of rotatable bonds is 8. The van der Waals surface area contributed by atoms with Crippen molar-refractivity contribution in [2.45, 2.75) is 44.7 Å². The van der Waals surface area contributed by atoms with Crippen LogP contribution >= 0.6 is 0 Å². The Balaban J connectivity index is 2.06. The van der Waals surface area contributed by atoms with Crippen molar-refractivity contribution in [3.8, 4) is 11.5 Å². The molecule has 3 N–H and O–H groups in total. The summed E-state index contributed by atoms with van der Waals surface area (Å²) in [5, 5.41) is 14.6. The maximum Gasteiger partial charge on any atom is 0.329 e. The molecule has 142 valence electrons. The van der Waals surface area contributed by atoms with Gasteiger partial charge >= 0.3 is 5.97 Å². The molecule has 0 heterocycles. The van der Waals surface area contributed by atoms with Gasteiger partial charge in [-0.1, -0.05) is 0 Å². The summed E-state index contributed by atoms with van der Waals surface area (Å²) in [7, 11) is 1.42. The van der Waals surface area contributed by atoms with Crippen LogP contribution in [0.15, 0.2) is 18.2 Å². The number of amides is 2. The van der Waals surface area contributed by atoms with Gasteiger partial charge in [0, 0.05) is 11.6 Å². The van der Waals surface area contributed by atoms with Crippen LogP contribution in [-0.4, -0.2) is 48.2 Å². The van der Waals surface area contributed by atoms with Gasteiger partial charge in [-0.25, -0.2) is 4.79 Å². The summed E-state index contributed by atoms with van der Waals surface area (Å²) in [5.74, 6) is -1.18. The molecular weight excluding hydrogens is 340 g/mol. The number of ether oxygens (including phenoxy) is 2. The molecule has 1 aliphatic carbocycles. The molecule has 2 rings (SSSR count). The van der Waals surface area contributed by atoms with Crippen LogP contribution in [-0.2, 0) is 9.59 Å². The Morgan fingerprint density at radius 2 is 1.92 bits per heavy atom. The first kappa shape index (κ1) is 19.6. The van der Waals surface area contributed by atoms with E-state index in [0.29, 0.717) is 18.6 Å². The van der Waals surface area contributed by atoms with Gasteiger partial charge in [0.25, 0.3) is 11.8 Å². The largest absolute Gasteiger partial charge is 0.493 e. The van der Waals surface area contributed by atoms with Gasteiger partial charge < -0.3 is 25.2 Å². The molecule has 26 heavy (non-hydrogen) atoms. The SMILES string of the molecule is COc1cc(C(=O)NC2(C(=O)O)CCC2)ccc1OCC(=O)NC(C)C. The molecule has 1 aromatic carbocycles. The van der Waals surface area contributed by atoms with E-state index >= 15 is 0 Å². The number of hydrogen-bond donors (Lipinski definition) is 3. The van der Waals surface area contributed by atoms with Crippen LogP contribution in [0.25, 0.3) is 0 Å². The molecule has 0 atom stereocenters. The summed E-state index contributed by atoms with van der Waals surface area (Å²) in [6, 6.07) is 4.48. The van der Waals surface area contributed by atoms with E-state index in [1.54, 1.807) is 0 Å². The summed E-state index contributed by atoms with van der Waals surface area (Å²) >= 11 is 0. The molecule has 0 aliphatic heterocycles. The Morgan fingerprint density at radius 1 is 1.23 bits per heavy atom. The van der Waals surface area contributed by atoms with Crippen molar-refractivity contribution in [2.75, 3.05) is 13.7 Å². The Labute approximate surface area is 151 Å².